The first-order valence-electron chi connectivity index (χ1n) is 9.05. The highest BCUT2D eigenvalue weighted by molar-refractivity contribution is 5.83. The first kappa shape index (κ1) is 19.7. The molecule has 0 spiro atoms. The van der Waals surface area contributed by atoms with Gasteiger partial charge in [-0.2, -0.15) is 0 Å². The zero-order chi connectivity index (χ0) is 18.9. The van der Waals surface area contributed by atoms with E-state index in [4.69, 9.17) is 4.74 Å². The van der Waals surface area contributed by atoms with Crippen LogP contribution < -0.4 is 5.32 Å². The molecule has 2 aromatic rings. The van der Waals surface area contributed by atoms with Crippen molar-refractivity contribution in [3.8, 4) is 0 Å². The van der Waals surface area contributed by atoms with Crippen LogP contribution in [0.2, 0.25) is 0 Å². The SMILES string of the molecule is CCC(C)C(C(=O)OCC(=O)NCc1ccc(C)cc1)c1ccccc1. The lowest BCUT2D eigenvalue weighted by molar-refractivity contribution is -0.151. The van der Waals surface area contributed by atoms with Crippen molar-refractivity contribution in [1.82, 2.24) is 5.32 Å². The zero-order valence-corrected chi connectivity index (χ0v) is 15.7. The third kappa shape index (κ3) is 5.73. The van der Waals surface area contributed by atoms with E-state index in [9.17, 15) is 9.59 Å². The minimum absolute atomic E-state index is 0.139. The predicted octanol–water partition coefficient (Wildman–Crippen LogP) is 3.98. The fourth-order valence-corrected chi connectivity index (χ4v) is 2.78. The summed E-state index contributed by atoms with van der Waals surface area (Å²) < 4.78 is 5.30. The number of hydrogen-bond donors (Lipinski definition) is 1. The van der Waals surface area contributed by atoms with Crippen molar-refractivity contribution in [2.24, 2.45) is 5.92 Å². The van der Waals surface area contributed by atoms with Gasteiger partial charge in [0.2, 0.25) is 0 Å². The quantitative estimate of drug-likeness (QED) is 0.730. The van der Waals surface area contributed by atoms with Crippen LogP contribution in [0.25, 0.3) is 0 Å². The summed E-state index contributed by atoms with van der Waals surface area (Å²) in [4.78, 5) is 24.6. The predicted molar refractivity (Wildman–Crippen MR) is 103 cm³/mol. The van der Waals surface area contributed by atoms with E-state index in [0.29, 0.717) is 6.54 Å². The smallest absolute Gasteiger partial charge is 0.314 e. The molecule has 2 aromatic carbocycles. The molecular formula is C22H27NO3. The van der Waals surface area contributed by atoms with E-state index < -0.39 is 0 Å². The second-order valence-electron chi connectivity index (χ2n) is 6.64. The van der Waals surface area contributed by atoms with Gasteiger partial charge in [-0.3, -0.25) is 9.59 Å². The first-order valence-corrected chi connectivity index (χ1v) is 9.05. The van der Waals surface area contributed by atoms with Gasteiger partial charge >= 0.3 is 5.97 Å². The number of nitrogens with one attached hydrogen (secondary N) is 1. The Morgan fingerprint density at radius 2 is 1.69 bits per heavy atom. The van der Waals surface area contributed by atoms with Crippen LogP contribution in [-0.4, -0.2) is 18.5 Å². The molecule has 2 rings (SSSR count). The van der Waals surface area contributed by atoms with Crippen molar-refractivity contribution in [2.45, 2.75) is 39.7 Å². The summed E-state index contributed by atoms with van der Waals surface area (Å²) in [5.41, 5.74) is 3.11. The largest absolute Gasteiger partial charge is 0.455 e. The van der Waals surface area contributed by atoms with Crippen molar-refractivity contribution < 1.29 is 14.3 Å². The number of benzene rings is 2. The van der Waals surface area contributed by atoms with Crippen LogP contribution in [0.3, 0.4) is 0 Å². The molecule has 0 radical (unpaired) electrons. The standard InChI is InChI=1S/C22H27NO3/c1-4-17(3)21(19-8-6-5-7-9-19)22(25)26-15-20(24)23-14-18-12-10-16(2)11-13-18/h5-13,17,21H,4,14-15H2,1-3H3,(H,23,24). The summed E-state index contributed by atoms with van der Waals surface area (Å²) in [7, 11) is 0. The van der Waals surface area contributed by atoms with Crippen LogP contribution in [0.1, 0.15) is 42.9 Å². The molecule has 2 unspecified atom stereocenters. The fourth-order valence-electron chi connectivity index (χ4n) is 2.78. The monoisotopic (exact) mass is 353 g/mol. The molecule has 26 heavy (non-hydrogen) atoms. The molecular weight excluding hydrogens is 326 g/mol. The van der Waals surface area contributed by atoms with Crippen molar-refractivity contribution in [3.05, 3.63) is 71.3 Å². The average Bonchev–Trinajstić information content (AvgIpc) is 2.66. The molecule has 0 aliphatic heterocycles. The molecule has 1 N–H and O–H groups in total. The van der Waals surface area contributed by atoms with Crippen molar-refractivity contribution in [3.63, 3.8) is 0 Å². The topological polar surface area (TPSA) is 55.4 Å². The van der Waals surface area contributed by atoms with Gasteiger partial charge in [0.1, 0.15) is 0 Å². The van der Waals surface area contributed by atoms with E-state index in [0.717, 1.165) is 17.5 Å². The second kappa shape index (κ2) is 9.76. The molecule has 4 nitrogen and oxygen atoms in total. The molecule has 0 aliphatic rings. The summed E-state index contributed by atoms with van der Waals surface area (Å²) in [6.07, 6.45) is 0.855. The summed E-state index contributed by atoms with van der Waals surface area (Å²) in [6, 6.07) is 17.5. The van der Waals surface area contributed by atoms with Crippen molar-refractivity contribution in [2.75, 3.05) is 6.61 Å². The summed E-state index contributed by atoms with van der Waals surface area (Å²) in [5.74, 6) is -0.863. The van der Waals surface area contributed by atoms with Crippen LogP contribution in [0.15, 0.2) is 54.6 Å². The summed E-state index contributed by atoms with van der Waals surface area (Å²) in [5, 5.41) is 2.78. The lowest BCUT2D eigenvalue weighted by Gasteiger charge is -2.21. The minimum atomic E-state index is -0.355. The number of carbonyl (C=O) groups excluding carboxylic acids is 2. The highest BCUT2D eigenvalue weighted by atomic mass is 16.5. The Hall–Kier alpha value is -2.62. The maximum Gasteiger partial charge on any atom is 0.314 e. The molecule has 0 saturated heterocycles. The normalized spacial score (nSPS) is 12.9. The number of carbonyl (C=O) groups is 2. The number of ether oxygens (including phenoxy) is 1. The van der Waals surface area contributed by atoms with E-state index in [1.165, 1.54) is 5.56 Å². The average molecular weight is 353 g/mol. The summed E-state index contributed by atoms with van der Waals surface area (Å²) in [6.45, 7) is 6.25. The number of aryl methyl sites for hydroxylation is 1. The van der Waals surface area contributed by atoms with Gasteiger partial charge in [0, 0.05) is 6.54 Å². The lowest BCUT2D eigenvalue weighted by Crippen LogP contribution is -2.30. The van der Waals surface area contributed by atoms with Gasteiger partial charge in [-0.15, -0.1) is 0 Å². The Balaban J connectivity index is 1.88. The molecule has 0 bridgehead atoms. The van der Waals surface area contributed by atoms with E-state index in [1.54, 1.807) is 0 Å². The van der Waals surface area contributed by atoms with Gasteiger partial charge in [0.25, 0.3) is 5.91 Å². The summed E-state index contributed by atoms with van der Waals surface area (Å²) >= 11 is 0. The molecule has 0 saturated carbocycles. The van der Waals surface area contributed by atoms with E-state index in [1.807, 2.05) is 75.4 Å². The third-order valence-electron chi connectivity index (χ3n) is 4.58. The van der Waals surface area contributed by atoms with Crippen LogP contribution in [0.5, 0.6) is 0 Å². The third-order valence-corrected chi connectivity index (χ3v) is 4.58. The molecule has 0 aromatic heterocycles. The molecule has 1 amide bonds. The molecule has 0 aliphatic carbocycles. The van der Waals surface area contributed by atoms with Gasteiger partial charge in [0.15, 0.2) is 6.61 Å². The second-order valence-corrected chi connectivity index (χ2v) is 6.64. The molecule has 0 fully saturated rings. The minimum Gasteiger partial charge on any atom is -0.455 e. The molecule has 138 valence electrons. The Labute approximate surface area is 155 Å². The van der Waals surface area contributed by atoms with Gasteiger partial charge in [-0.05, 0) is 24.0 Å². The van der Waals surface area contributed by atoms with Crippen LogP contribution in [-0.2, 0) is 20.9 Å². The first-order chi connectivity index (χ1) is 12.5. The number of hydrogen-bond acceptors (Lipinski definition) is 3. The number of rotatable bonds is 8. The maximum absolute atomic E-state index is 12.6. The maximum atomic E-state index is 12.6. The van der Waals surface area contributed by atoms with E-state index >= 15 is 0 Å². The highest BCUT2D eigenvalue weighted by Gasteiger charge is 2.27. The molecule has 0 heterocycles. The Bertz CT molecular complexity index is 710. The van der Waals surface area contributed by atoms with Crippen molar-refractivity contribution in [1.29, 1.82) is 0 Å². The fraction of sp³-hybridized carbons (Fsp3) is 0.364. The van der Waals surface area contributed by atoms with E-state index in [-0.39, 0.29) is 30.3 Å². The lowest BCUT2D eigenvalue weighted by atomic mass is 9.86. The van der Waals surface area contributed by atoms with Gasteiger partial charge in [-0.1, -0.05) is 80.4 Å². The zero-order valence-electron chi connectivity index (χ0n) is 15.7. The Morgan fingerprint density at radius 1 is 1.04 bits per heavy atom. The van der Waals surface area contributed by atoms with Gasteiger partial charge in [0.05, 0.1) is 5.92 Å². The Morgan fingerprint density at radius 3 is 2.31 bits per heavy atom. The van der Waals surface area contributed by atoms with Crippen molar-refractivity contribution >= 4 is 11.9 Å². The molecule has 4 heteroatoms. The molecule has 2 atom stereocenters. The number of esters is 1. The highest BCUT2D eigenvalue weighted by Crippen LogP contribution is 2.28. The van der Waals surface area contributed by atoms with Gasteiger partial charge in [-0.25, -0.2) is 0 Å². The van der Waals surface area contributed by atoms with Crippen LogP contribution in [0, 0.1) is 12.8 Å². The van der Waals surface area contributed by atoms with Crippen LogP contribution in [0.4, 0.5) is 0 Å². The van der Waals surface area contributed by atoms with E-state index in [2.05, 4.69) is 5.32 Å². The Kier molecular flexibility index (Phi) is 7.39. The van der Waals surface area contributed by atoms with Crippen LogP contribution >= 0.6 is 0 Å². The van der Waals surface area contributed by atoms with Gasteiger partial charge < -0.3 is 10.1 Å². The number of amides is 1.